The van der Waals surface area contributed by atoms with Gasteiger partial charge in [0.05, 0.1) is 16.3 Å². The van der Waals surface area contributed by atoms with Crippen molar-refractivity contribution in [3.63, 3.8) is 0 Å². The summed E-state index contributed by atoms with van der Waals surface area (Å²) in [6.07, 6.45) is 2.89. The summed E-state index contributed by atoms with van der Waals surface area (Å²) in [5.41, 5.74) is 2.40. The van der Waals surface area contributed by atoms with Gasteiger partial charge in [-0.2, -0.15) is 9.78 Å². The first-order chi connectivity index (χ1) is 14.5. The summed E-state index contributed by atoms with van der Waals surface area (Å²) in [6, 6.07) is 10.1. The molecule has 3 aromatic rings. The summed E-state index contributed by atoms with van der Waals surface area (Å²) >= 11 is 1.35. The van der Waals surface area contributed by atoms with Crippen LogP contribution >= 0.6 is 11.3 Å². The lowest BCUT2D eigenvalue weighted by atomic mass is 10.1. The van der Waals surface area contributed by atoms with Crippen LogP contribution in [0.15, 0.2) is 41.8 Å². The van der Waals surface area contributed by atoms with Crippen LogP contribution in [-0.4, -0.2) is 32.9 Å². The molecule has 0 aliphatic heterocycles. The third-order valence-corrected chi connectivity index (χ3v) is 6.05. The number of nitrogens with zero attached hydrogens (tertiary/aromatic N) is 2. The Bertz CT molecular complexity index is 1070. The Morgan fingerprint density at radius 3 is 2.73 bits per heavy atom. The van der Waals surface area contributed by atoms with Crippen LogP contribution in [0.25, 0.3) is 11.3 Å². The topological polar surface area (TPSA) is 96.3 Å². The number of rotatable bonds is 6. The normalized spacial score (nSPS) is 14.3. The average molecular weight is 425 g/mol. The molecule has 7 nitrogen and oxygen atoms in total. The zero-order valence-electron chi connectivity index (χ0n) is 16.9. The van der Waals surface area contributed by atoms with Crippen LogP contribution in [0.4, 0.5) is 10.5 Å². The van der Waals surface area contributed by atoms with Gasteiger partial charge in [0.1, 0.15) is 5.75 Å². The summed E-state index contributed by atoms with van der Waals surface area (Å²) in [5, 5.41) is 22.6. The van der Waals surface area contributed by atoms with Gasteiger partial charge in [0.25, 0.3) is 5.91 Å². The number of carbonyl (C=O) groups is 2. The van der Waals surface area contributed by atoms with E-state index in [0.717, 1.165) is 25.0 Å². The van der Waals surface area contributed by atoms with Gasteiger partial charge in [-0.25, -0.2) is 4.79 Å². The van der Waals surface area contributed by atoms with E-state index in [-0.39, 0.29) is 23.7 Å². The number of phenols is 1. The number of phenolic OH excluding ortho intramolecular Hbond substituents is 1. The van der Waals surface area contributed by atoms with Gasteiger partial charge in [-0.15, -0.1) is 11.3 Å². The molecule has 2 amide bonds. The van der Waals surface area contributed by atoms with E-state index >= 15 is 0 Å². The first-order valence-electron chi connectivity index (χ1n) is 10.0. The SMILES string of the molecule is CCC(C)NC(=O)n1nc(-c2ccc(NC(=O)c3cccs3)cc2O)cc1C1CC1. The fraction of sp³-hybridized carbons (Fsp3) is 0.318. The highest BCUT2D eigenvalue weighted by Crippen LogP contribution is 2.42. The molecule has 1 fully saturated rings. The zero-order chi connectivity index (χ0) is 21.3. The van der Waals surface area contributed by atoms with E-state index in [1.807, 2.05) is 31.4 Å². The van der Waals surface area contributed by atoms with Gasteiger partial charge in [-0.05, 0) is 55.8 Å². The van der Waals surface area contributed by atoms with Gasteiger partial charge in [0.2, 0.25) is 0 Å². The van der Waals surface area contributed by atoms with E-state index < -0.39 is 0 Å². The highest BCUT2D eigenvalue weighted by atomic mass is 32.1. The molecular weight excluding hydrogens is 400 g/mol. The molecular formula is C22H24N4O3S. The van der Waals surface area contributed by atoms with E-state index in [4.69, 9.17) is 0 Å². The minimum absolute atomic E-state index is 0.00619. The minimum Gasteiger partial charge on any atom is -0.507 e. The fourth-order valence-electron chi connectivity index (χ4n) is 3.16. The average Bonchev–Trinajstić information content (AvgIpc) is 3.24. The molecule has 156 valence electrons. The summed E-state index contributed by atoms with van der Waals surface area (Å²) in [7, 11) is 0. The highest BCUT2D eigenvalue weighted by Gasteiger charge is 2.31. The molecule has 1 atom stereocenters. The number of aromatic nitrogens is 2. The van der Waals surface area contributed by atoms with Gasteiger partial charge in [0.15, 0.2) is 0 Å². The second-order valence-electron chi connectivity index (χ2n) is 7.56. The maximum Gasteiger partial charge on any atom is 0.342 e. The largest absolute Gasteiger partial charge is 0.507 e. The van der Waals surface area contributed by atoms with E-state index in [1.165, 1.54) is 22.1 Å². The molecule has 2 heterocycles. The standard InChI is InChI=1S/C22H24N4O3S/c1-3-13(2)23-22(29)26-18(14-6-7-14)12-17(25-26)16-9-8-15(11-19(16)27)24-21(28)20-5-4-10-30-20/h4-5,8-14,27H,3,6-7H2,1-2H3,(H,23,29)(H,24,28). The molecule has 1 aliphatic carbocycles. The molecule has 0 spiro atoms. The number of aromatic hydroxyl groups is 1. The molecule has 1 aromatic carbocycles. The molecule has 1 saturated carbocycles. The predicted molar refractivity (Wildman–Crippen MR) is 117 cm³/mol. The van der Waals surface area contributed by atoms with E-state index in [9.17, 15) is 14.7 Å². The molecule has 0 saturated heterocycles. The molecule has 0 bridgehead atoms. The third-order valence-electron chi connectivity index (χ3n) is 5.18. The van der Waals surface area contributed by atoms with E-state index in [0.29, 0.717) is 27.7 Å². The summed E-state index contributed by atoms with van der Waals surface area (Å²) in [4.78, 5) is 25.5. The van der Waals surface area contributed by atoms with Gasteiger partial charge in [0, 0.05) is 29.3 Å². The van der Waals surface area contributed by atoms with Crippen LogP contribution < -0.4 is 10.6 Å². The van der Waals surface area contributed by atoms with Gasteiger partial charge in [-0.3, -0.25) is 4.79 Å². The Morgan fingerprint density at radius 1 is 1.30 bits per heavy atom. The van der Waals surface area contributed by atoms with Crippen molar-refractivity contribution >= 4 is 29.0 Å². The van der Waals surface area contributed by atoms with Crippen LogP contribution in [-0.2, 0) is 0 Å². The molecule has 3 N–H and O–H groups in total. The number of hydrogen-bond donors (Lipinski definition) is 3. The van der Waals surface area contributed by atoms with Gasteiger partial charge in [-0.1, -0.05) is 13.0 Å². The molecule has 30 heavy (non-hydrogen) atoms. The van der Waals surface area contributed by atoms with Gasteiger partial charge >= 0.3 is 6.03 Å². The van der Waals surface area contributed by atoms with Crippen molar-refractivity contribution in [2.45, 2.75) is 45.1 Å². The number of hydrogen-bond acceptors (Lipinski definition) is 5. The molecule has 0 radical (unpaired) electrons. The van der Waals surface area contributed by atoms with Crippen LogP contribution in [0.3, 0.4) is 0 Å². The first kappa shape index (κ1) is 20.2. The number of benzene rings is 1. The zero-order valence-corrected chi connectivity index (χ0v) is 17.7. The molecule has 2 aromatic heterocycles. The van der Waals surface area contributed by atoms with Crippen molar-refractivity contribution < 1.29 is 14.7 Å². The Hall–Kier alpha value is -3.13. The van der Waals surface area contributed by atoms with E-state index in [2.05, 4.69) is 15.7 Å². The molecule has 1 unspecified atom stereocenters. The maximum absolute atomic E-state index is 12.7. The number of thiophene rings is 1. The Morgan fingerprint density at radius 2 is 2.10 bits per heavy atom. The number of carbonyl (C=O) groups excluding carboxylic acids is 2. The maximum atomic E-state index is 12.7. The first-order valence-corrected chi connectivity index (χ1v) is 10.9. The Labute approximate surface area is 178 Å². The van der Waals surface area contributed by atoms with Crippen molar-refractivity contribution in [3.05, 3.63) is 52.3 Å². The van der Waals surface area contributed by atoms with Crippen molar-refractivity contribution in [2.75, 3.05) is 5.32 Å². The summed E-state index contributed by atoms with van der Waals surface area (Å²) in [6.45, 7) is 3.96. The van der Waals surface area contributed by atoms with Crippen LogP contribution in [0.5, 0.6) is 5.75 Å². The van der Waals surface area contributed by atoms with Crippen LogP contribution in [0.1, 0.15) is 54.4 Å². The van der Waals surface area contributed by atoms with Crippen molar-refractivity contribution in [3.8, 4) is 17.0 Å². The third kappa shape index (κ3) is 4.23. The second kappa shape index (κ2) is 8.31. The fourth-order valence-corrected chi connectivity index (χ4v) is 3.78. The van der Waals surface area contributed by atoms with E-state index in [1.54, 1.807) is 18.2 Å². The molecule has 4 rings (SSSR count). The monoisotopic (exact) mass is 424 g/mol. The highest BCUT2D eigenvalue weighted by molar-refractivity contribution is 7.12. The minimum atomic E-state index is -0.253. The Balaban J connectivity index is 1.58. The number of amides is 2. The molecule has 8 heteroatoms. The van der Waals surface area contributed by atoms with Crippen LogP contribution in [0.2, 0.25) is 0 Å². The second-order valence-corrected chi connectivity index (χ2v) is 8.51. The lowest BCUT2D eigenvalue weighted by Crippen LogP contribution is -2.36. The predicted octanol–water partition coefficient (Wildman–Crippen LogP) is 4.80. The van der Waals surface area contributed by atoms with Crippen LogP contribution in [0, 0.1) is 0 Å². The molecule has 1 aliphatic rings. The lowest BCUT2D eigenvalue weighted by Gasteiger charge is -2.12. The Kier molecular flexibility index (Phi) is 5.59. The number of nitrogens with one attached hydrogen (secondary N) is 2. The smallest absolute Gasteiger partial charge is 0.342 e. The lowest BCUT2D eigenvalue weighted by molar-refractivity contribution is 0.103. The summed E-state index contributed by atoms with van der Waals surface area (Å²) < 4.78 is 1.42. The van der Waals surface area contributed by atoms with Crippen molar-refractivity contribution in [1.82, 2.24) is 15.1 Å². The number of anilines is 1. The summed E-state index contributed by atoms with van der Waals surface area (Å²) in [5.74, 6) is 0.0907. The van der Waals surface area contributed by atoms with Crippen molar-refractivity contribution in [2.24, 2.45) is 0 Å². The van der Waals surface area contributed by atoms with Gasteiger partial charge < -0.3 is 15.7 Å². The van der Waals surface area contributed by atoms with Crippen molar-refractivity contribution in [1.29, 1.82) is 0 Å². The quantitative estimate of drug-likeness (QED) is 0.529.